The lowest BCUT2D eigenvalue weighted by atomic mass is 10.2. The molecule has 2 aliphatic heterocycles. The van der Waals surface area contributed by atoms with Crippen molar-refractivity contribution in [2.24, 2.45) is 0 Å². The molecule has 0 saturated carbocycles. The second kappa shape index (κ2) is 5.85. The van der Waals surface area contributed by atoms with Crippen LogP contribution < -0.4 is 0 Å². The summed E-state index contributed by atoms with van der Waals surface area (Å²) < 4.78 is 5.48. The van der Waals surface area contributed by atoms with Crippen molar-refractivity contribution < 1.29 is 14.3 Å². The fourth-order valence-corrected chi connectivity index (χ4v) is 2.86. The first kappa shape index (κ1) is 14.1. The maximum Gasteiger partial charge on any atom is 0.242 e. The smallest absolute Gasteiger partial charge is 0.242 e. The molecule has 1 aromatic heterocycles. The van der Waals surface area contributed by atoms with Crippen LogP contribution in [0.3, 0.4) is 0 Å². The molecule has 114 valence electrons. The number of H-pyrrole nitrogens is 1. The van der Waals surface area contributed by atoms with E-state index in [1.807, 2.05) is 6.92 Å². The van der Waals surface area contributed by atoms with Gasteiger partial charge in [0.05, 0.1) is 19.8 Å². The summed E-state index contributed by atoms with van der Waals surface area (Å²) in [6, 6.07) is -0.197. The number of carbonyl (C=O) groups is 2. The number of hydrogen-bond donors (Lipinski definition) is 1. The van der Waals surface area contributed by atoms with E-state index in [1.165, 1.54) is 0 Å². The molecule has 0 bridgehead atoms. The summed E-state index contributed by atoms with van der Waals surface area (Å²) in [4.78, 5) is 35.1. The number of aryl methyl sites for hydroxylation is 1. The van der Waals surface area contributed by atoms with Crippen molar-refractivity contribution >= 4 is 11.8 Å². The van der Waals surface area contributed by atoms with Gasteiger partial charge in [0.2, 0.25) is 11.8 Å². The van der Waals surface area contributed by atoms with Crippen LogP contribution in [0.25, 0.3) is 0 Å². The molecular weight excluding hydrogens is 272 g/mol. The molecule has 7 heteroatoms. The van der Waals surface area contributed by atoms with E-state index in [0.29, 0.717) is 32.7 Å². The molecule has 7 nitrogen and oxygen atoms in total. The third kappa shape index (κ3) is 2.92. The largest absolute Gasteiger partial charge is 0.377 e. The predicted octanol–water partition coefficient (Wildman–Crippen LogP) is 0.240. The fourth-order valence-electron chi connectivity index (χ4n) is 2.86. The molecule has 0 radical (unpaired) electrons. The number of rotatable bonds is 3. The van der Waals surface area contributed by atoms with Crippen LogP contribution in [0.2, 0.25) is 0 Å². The number of ether oxygens (including phenoxy) is 1. The Morgan fingerprint density at radius 2 is 2.38 bits per heavy atom. The Balaban J connectivity index is 1.71. The van der Waals surface area contributed by atoms with E-state index in [2.05, 4.69) is 9.97 Å². The Morgan fingerprint density at radius 3 is 3.05 bits per heavy atom. The lowest BCUT2D eigenvalue weighted by Gasteiger charge is -2.35. The molecule has 0 aliphatic carbocycles. The Kier molecular flexibility index (Phi) is 3.92. The molecule has 21 heavy (non-hydrogen) atoms. The third-order valence-electron chi connectivity index (χ3n) is 3.98. The minimum atomic E-state index is -0.197. The highest BCUT2D eigenvalue weighted by atomic mass is 16.5. The number of imidazole rings is 1. The SMILES string of the molecule is Cc1cnc([C@H]2COCCN2C(=O)CN2CCCC2=O)[nH]1. The lowest BCUT2D eigenvalue weighted by molar-refractivity contribution is -0.145. The number of carbonyl (C=O) groups excluding carboxylic acids is 2. The molecule has 3 heterocycles. The molecule has 0 unspecified atom stereocenters. The number of aromatic amines is 1. The van der Waals surface area contributed by atoms with Crippen LogP contribution in [-0.4, -0.2) is 64.4 Å². The number of nitrogens with zero attached hydrogens (tertiary/aromatic N) is 3. The highest BCUT2D eigenvalue weighted by Gasteiger charge is 2.32. The standard InChI is InChI=1S/C14H20N4O3/c1-10-7-15-14(16-10)11-9-21-6-5-18(11)13(20)8-17-4-2-3-12(17)19/h7,11H,2-6,8-9H2,1H3,(H,15,16)/t11-/m1/s1. The Morgan fingerprint density at radius 1 is 1.52 bits per heavy atom. The van der Waals surface area contributed by atoms with Gasteiger partial charge in [0.25, 0.3) is 0 Å². The zero-order valence-electron chi connectivity index (χ0n) is 12.2. The van der Waals surface area contributed by atoms with E-state index in [-0.39, 0.29) is 24.4 Å². The molecule has 1 aromatic rings. The highest BCUT2D eigenvalue weighted by Crippen LogP contribution is 2.22. The van der Waals surface area contributed by atoms with Crippen molar-refractivity contribution in [1.29, 1.82) is 0 Å². The highest BCUT2D eigenvalue weighted by molar-refractivity contribution is 5.86. The molecule has 0 aromatic carbocycles. The fraction of sp³-hybridized carbons (Fsp3) is 0.643. The summed E-state index contributed by atoms with van der Waals surface area (Å²) in [5.41, 5.74) is 0.956. The van der Waals surface area contributed by atoms with Gasteiger partial charge in [-0.25, -0.2) is 4.98 Å². The van der Waals surface area contributed by atoms with E-state index >= 15 is 0 Å². The van der Waals surface area contributed by atoms with Crippen LogP contribution in [0.1, 0.15) is 30.4 Å². The van der Waals surface area contributed by atoms with Crippen molar-refractivity contribution in [2.45, 2.75) is 25.8 Å². The Bertz CT molecular complexity index is 542. The molecule has 0 spiro atoms. The maximum atomic E-state index is 12.5. The van der Waals surface area contributed by atoms with Crippen molar-refractivity contribution in [1.82, 2.24) is 19.8 Å². The summed E-state index contributed by atoms with van der Waals surface area (Å²) in [7, 11) is 0. The van der Waals surface area contributed by atoms with Crippen LogP contribution in [0.15, 0.2) is 6.20 Å². The summed E-state index contributed by atoms with van der Waals surface area (Å²) in [5, 5.41) is 0. The van der Waals surface area contributed by atoms with E-state index in [0.717, 1.165) is 17.9 Å². The van der Waals surface area contributed by atoms with Gasteiger partial charge in [-0.2, -0.15) is 0 Å². The molecule has 1 atom stereocenters. The molecule has 2 fully saturated rings. The first-order valence-electron chi connectivity index (χ1n) is 7.31. The number of morpholine rings is 1. The second-order valence-corrected chi connectivity index (χ2v) is 5.55. The number of likely N-dealkylation sites (tertiary alicyclic amines) is 1. The summed E-state index contributed by atoms with van der Waals surface area (Å²) in [6.45, 7) is 4.26. The minimum Gasteiger partial charge on any atom is -0.377 e. The van der Waals surface area contributed by atoms with Gasteiger partial charge in [-0.15, -0.1) is 0 Å². The van der Waals surface area contributed by atoms with Gasteiger partial charge >= 0.3 is 0 Å². The van der Waals surface area contributed by atoms with Gasteiger partial charge in [0, 0.05) is 31.4 Å². The molecule has 2 amide bonds. The lowest BCUT2D eigenvalue weighted by Crippen LogP contribution is -2.48. The van der Waals surface area contributed by atoms with E-state index in [1.54, 1.807) is 16.0 Å². The van der Waals surface area contributed by atoms with Gasteiger partial charge < -0.3 is 19.5 Å². The van der Waals surface area contributed by atoms with E-state index in [4.69, 9.17) is 4.74 Å². The quantitative estimate of drug-likeness (QED) is 0.865. The molecule has 2 aliphatic rings. The summed E-state index contributed by atoms with van der Waals surface area (Å²) >= 11 is 0. The van der Waals surface area contributed by atoms with Crippen molar-refractivity contribution in [3.8, 4) is 0 Å². The van der Waals surface area contributed by atoms with Gasteiger partial charge in [-0.1, -0.05) is 0 Å². The molecule has 1 N–H and O–H groups in total. The third-order valence-corrected chi connectivity index (χ3v) is 3.98. The summed E-state index contributed by atoms with van der Waals surface area (Å²) in [6.07, 6.45) is 3.14. The number of aromatic nitrogens is 2. The second-order valence-electron chi connectivity index (χ2n) is 5.55. The minimum absolute atomic E-state index is 0.0346. The topological polar surface area (TPSA) is 78.5 Å². The van der Waals surface area contributed by atoms with Crippen molar-refractivity contribution in [3.63, 3.8) is 0 Å². The van der Waals surface area contributed by atoms with Gasteiger partial charge in [0.15, 0.2) is 0 Å². The van der Waals surface area contributed by atoms with Crippen LogP contribution >= 0.6 is 0 Å². The van der Waals surface area contributed by atoms with Gasteiger partial charge in [0.1, 0.15) is 11.9 Å². The molecule has 3 rings (SSSR count). The average molecular weight is 292 g/mol. The average Bonchev–Trinajstić information content (AvgIpc) is 3.08. The first-order chi connectivity index (χ1) is 10.1. The van der Waals surface area contributed by atoms with Crippen LogP contribution in [0.4, 0.5) is 0 Å². The van der Waals surface area contributed by atoms with Gasteiger partial charge in [-0.3, -0.25) is 9.59 Å². The number of hydrogen-bond acceptors (Lipinski definition) is 4. The zero-order valence-corrected chi connectivity index (χ0v) is 12.2. The zero-order chi connectivity index (χ0) is 14.8. The molecular formula is C14H20N4O3. The monoisotopic (exact) mass is 292 g/mol. The first-order valence-corrected chi connectivity index (χ1v) is 7.31. The number of nitrogens with one attached hydrogen (secondary N) is 1. The normalized spacial score (nSPS) is 22.9. The van der Waals surface area contributed by atoms with E-state index in [9.17, 15) is 9.59 Å². The van der Waals surface area contributed by atoms with Crippen LogP contribution in [-0.2, 0) is 14.3 Å². The van der Waals surface area contributed by atoms with Crippen molar-refractivity contribution in [3.05, 3.63) is 17.7 Å². The molecule has 2 saturated heterocycles. The Labute approximate surface area is 123 Å². The van der Waals surface area contributed by atoms with Crippen LogP contribution in [0, 0.1) is 6.92 Å². The van der Waals surface area contributed by atoms with E-state index < -0.39 is 0 Å². The van der Waals surface area contributed by atoms with Crippen LogP contribution in [0.5, 0.6) is 0 Å². The summed E-state index contributed by atoms with van der Waals surface area (Å²) in [5.74, 6) is 0.780. The maximum absolute atomic E-state index is 12.5. The van der Waals surface area contributed by atoms with Gasteiger partial charge in [-0.05, 0) is 13.3 Å². The Hall–Kier alpha value is -1.89. The van der Waals surface area contributed by atoms with Crippen molar-refractivity contribution in [2.75, 3.05) is 32.8 Å². The number of amides is 2. The predicted molar refractivity (Wildman–Crippen MR) is 74.4 cm³/mol.